The Kier molecular flexibility index (Phi) is 4.37. The molecule has 0 atom stereocenters. The van der Waals surface area contributed by atoms with Crippen molar-refractivity contribution in [1.29, 1.82) is 0 Å². The van der Waals surface area contributed by atoms with Crippen LogP contribution in [0.25, 0.3) is 0 Å². The van der Waals surface area contributed by atoms with E-state index in [-0.39, 0.29) is 30.9 Å². The molecule has 1 rings (SSSR count). The fraction of sp³-hybridized carbons (Fsp3) is 0.143. The minimum atomic E-state index is -4.35. The quantitative estimate of drug-likeness (QED) is 0.572. The molecule has 0 nitrogen and oxygen atoms in total. The molecule has 1 aromatic rings. The molecular weight excluding hydrogens is 201 g/mol. The van der Waals surface area contributed by atoms with Gasteiger partial charge in [-0.25, -0.2) is 0 Å². The molecule has 12 heavy (non-hydrogen) atoms. The first kappa shape index (κ1) is 12.1. The second kappa shape index (κ2) is 4.34. The van der Waals surface area contributed by atoms with Crippen LogP contribution in [0.3, 0.4) is 0 Å². The molecule has 1 aromatic carbocycles. The predicted molar refractivity (Wildman–Crippen MR) is 44.4 cm³/mol. The van der Waals surface area contributed by atoms with Gasteiger partial charge in [0.15, 0.2) is 0 Å². The van der Waals surface area contributed by atoms with Gasteiger partial charge in [0.25, 0.3) is 0 Å². The first-order valence-corrected chi connectivity index (χ1v) is 3.21. The van der Waals surface area contributed by atoms with Gasteiger partial charge in [-0.2, -0.15) is 13.2 Å². The second-order valence-electron chi connectivity index (χ2n) is 1.98. The van der Waals surface area contributed by atoms with E-state index < -0.39 is 11.7 Å². The van der Waals surface area contributed by atoms with Gasteiger partial charge in [0.2, 0.25) is 0 Å². The van der Waals surface area contributed by atoms with Gasteiger partial charge >= 0.3 is 29.2 Å². The predicted octanol–water partition coefficient (Wildman–Crippen LogP) is 3.20. The number of rotatable bonds is 0. The largest absolute Gasteiger partial charge is 2.00 e. The SMILES string of the molecule is FC(F)(F)c1ccccc1Cl.[H-].[H-].[Mg+2]. The maximum Gasteiger partial charge on any atom is 2.00 e. The average Bonchev–Trinajstić information content (AvgIpc) is 1.86. The van der Waals surface area contributed by atoms with Crippen molar-refractivity contribution in [3.05, 3.63) is 34.9 Å². The Balaban J connectivity index is -0.000000403. The minimum absolute atomic E-state index is 0. The molecule has 0 aliphatic heterocycles. The maximum absolute atomic E-state index is 12.0. The molecule has 0 aliphatic carbocycles. The second-order valence-corrected chi connectivity index (χ2v) is 2.38. The summed E-state index contributed by atoms with van der Waals surface area (Å²) in [6.07, 6.45) is -4.35. The molecule has 0 aromatic heterocycles. The molecule has 0 heterocycles. The number of hydrogen-bond donors (Lipinski definition) is 0. The topological polar surface area (TPSA) is 0 Å². The summed E-state index contributed by atoms with van der Waals surface area (Å²) in [5.74, 6) is 0. The summed E-state index contributed by atoms with van der Waals surface area (Å²) in [5.41, 5.74) is -0.790. The first-order valence-electron chi connectivity index (χ1n) is 2.83. The summed E-state index contributed by atoms with van der Waals surface area (Å²) in [4.78, 5) is 0. The van der Waals surface area contributed by atoms with Crippen LogP contribution in [-0.4, -0.2) is 23.1 Å². The monoisotopic (exact) mass is 206 g/mol. The van der Waals surface area contributed by atoms with Crippen LogP contribution >= 0.6 is 11.6 Å². The van der Waals surface area contributed by atoms with E-state index in [2.05, 4.69) is 0 Å². The van der Waals surface area contributed by atoms with Crippen LogP contribution in [0.4, 0.5) is 13.2 Å². The zero-order valence-corrected chi connectivity index (χ0v) is 8.20. The van der Waals surface area contributed by atoms with E-state index in [0.717, 1.165) is 6.07 Å². The zero-order valence-electron chi connectivity index (χ0n) is 8.03. The Labute approximate surface area is 91.8 Å². The average molecular weight is 207 g/mol. The van der Waals surface area contributed by atoms with Gasteiger partial charge in [-0.3, -0.25) is 0 Å². The summed E-state index contributed by atoms with van der Waals surface area (Å²) in [7, 11) is 0. The molecular formula is C7H6ClF3Mg. The smallest absolute Gasteiger partial charge is 1.00 e. The van der Waals surface area contributed by atoms with Gasteiger partial charge in [0.05, 0.1) is 10.6 Å². The molecule has 0 N–H and O–H groups in total. The van der Waals surface area contributed by atoms with E-state index in [1.165, 1.54) is 18.2 Å². The molecule has 0 amide bonds. The molecule has 0 radical (unpaired) electrons. The molecule has 64 valence electrons. The molecule has 0 aliphatic rings. The van der Waals surface area contributed by atoms with Crippen molar-refractivity contribution in [3.63, 3.8) is 0 Å². The Hall–Kier alpha value is 0.0662. The molecule has 0 saturated carbocycles. The zero-order chi connectivity index (χ0) is 8.48. The summed E-state index contributed by atoms with van der Waals surface area (Å²) in [6, 6.07) is 4.92. The molecule has 0 unspecified atom stereocenters. The Morgan fingerprint density at radius 1 is 1.17 bits per heavy atom. The van der Waals surface area contributed by atoms with Crippen LogP contribution in [0, 0.1) is 0 Å². The molecule has 0 bridgehead atoms. The summed E-state index contributed by atoms with van der Waals surface area (Å²) in [5, 5.41) is -0.264. The van der Waals surface area contributed by atoms with Crippen molar-refractivity contribution in [2.24, 2.45) is 0 Å². The van der Waals surface area contributed by atoms with Crippen LogP contribution in [0.15, 0.2) is 24.3 Å². The molecule has 5 heteroatoms. The van der Waals surface area contributed by atoms with Gasteiger partial charge < -0.3 is 2.85 Å². The van der Waals surface area contributed by atoms with E-state index in [1.54, 1.807) is 0 Å². The van der Waals surface area contributed by atoms with Crippen molar-refractivity contribution in [2.45, 2.75) is 6.18 Å². The summed E-state index contributed by atoms with van der Waals surface area (Å²) >= 11 is 5.29. The van der Waals surface area contributed by atoms with Crippen LogP contribution in [-0.2, 0) is 6.18 Å². The van der Waals surface area contributed by atoms with E-state index in [9.17, 15) is 13.2 Å². The van der Waals surface area contributed by atoms with E-state index >= 15 is 0 Å². The van der Waals surface area contributed by atoms with Crippen LogP contribution in [0.5, 0.6) is 0 Å². The van der Waals surface area contributed by atoms with E-state index in [1.807, 2.05) is 0 Å². The molecule has 0 spiro atoms. The van der Waals surface area contributed by atoms with Crippen molar-refractivity contribution in [3.8, 4) is 0 Å². The van der Waals surface area contributed by atoms with E-state index in [4.69, 9.17) is 11.6 Å². The van der Waals surface area contributed by atoms with Crippen molar-refractivity contribution in [2.75, 3.05) is 0 Å². The van der Waals surface area contributed by atoms with Crippen molar-refractivity contribution >= 4 is 34.7 Å². The fourth-order valence-electron chi connectivity index (χ4n) is 0.691. The molecule has 0 saturated heterocycles. The first-order chi connectivity index (χ1) is 5.02. The van der Waals surface area contributed by atoms with Gasteiger partial charge in [-0.05, 0) is 12.1 Å². The number of hydrogen-bond acceptors (Lipinski definition) is 0. The van der Waals surface area contributed by atoms with Gasteiger partial charge in [0, 0.05) is 0 Å². The maximum atomic E-state index is 12.0. The number of benzene rings is 1. The van der Waals surface area contributed by atoms with Crippen LogP contribution in [0.2, 0.25) is 5.02 Å². The van der Waals surface area contributed by atoms with Gasteiger partial charge in [-0.1, -0.05) is 23.7 Å². The van der Waals surface area contributed by atoms with E-state index in [0.29, 0.717) is 0 Å². The normalized spacial score (nSPS) is 10.7. The van der Waals surface area contributed by atoms with Gasteiger partial charge in [-0.15, -0.1) is 0 Å². The molecule has 0 fully saturated rings. The summed E-state index contributed by atoms with van der Waals surface area (Å²) < 4.78 is 35.9. The summed E-state index contributed by atoms with van der Waals surface area (Å²) in [6.45, 7) is 0. The van der Waals surface area contributed by atoms with Crippen LogP contribution in [0.1, 0.15) is 8.42 Å². The Morgan fingerprint density at radius 2 is 1.67 bits per heavy atom. The third kappa shape index (κ3) is 2.84. The minimum Gasteiger partial charge on any atom is -1.00 e. The number of halogens is 4. The fourth-order valence-corrected chi connectivity index (χ4v) is 0.934. The van der Waals surface area contributed by atoms with Crippen LogP contribution < -0.4 is 0 Å². The Morgan fingerprint density at radius 3 is 2.00 bits per heavy atom. The standard InChI is InChI=1S/C7H4ClF3.Mg.2H/c8-6-4-2-1-3-5(6)7(9,10)11;;;/h1-4H;;;/q;+2;2*-1. The van der Waals surface area contributed by atoms with Crippen molar-refractivity contribution in [1.82, 2.24) is 0 Å². The van der Waals surface area contributed by atoms with Crippen molar-refractivity contribution < 1.29 is 16.0 Å². The Bertz CT molecular complexity index is 267. The number of alkyl halides is 3. The third-order valence-electron chi connectivity index (χ3n) is 1.18. The van der Waals surface area contributed by atoms with Gasteiger partial charge in [0.1, 0.15) is 0 Å². The third-order valence-corrected chi connectivity index (χ3v) is 1.51.